The molecule has 0 bridgehead atoms. The fourth-order valence-corrected chi connectivity index (χ4v) is 3.70. The SMILES string of the molecule is CC1CN(C)CCN1C(=O)Cc1ccc(OC(F)(F)F)cc1.Cc1ccc(OCC(=O)O)c(C)c1. The Morgan fingerprint density at radius 2 is 1.74 bits per heavy atom. The minimum absolute atomic E-state index is 0.00918. The molecule has 0 aliphatic carbocycles. The Bertz CT molecular complexity index is 996. The number of aryl methyl sites for hydroxylation is 2. The zero-order chi connectivity index (χ0) is 26.2. The number of aliphatic carboxylic acids is 1. The molecule has 1 aliphatic rings. The fourth-order valence-electron chi connectivity index (χ4n) is 3.70. The molecule has 35 heavy (non-hydrogen) atoms. The fraction of sp³-hybridized carbons (Fsp3) is 0.440. The van der Waals surface area contributed by atoms with Gasteiger partial charge in [0.05, 0.1) is 6.42 Å². The van der Waals surface area contributed by atoms with E-state index in [1.807, 2.05) is 44.9 Å². The molecule has 1 heterocycles. The molecule has 1 saturated heterocycles. The van der Waals surface area contributed by atoms with Crippen LogP contribution < -0.4 is 9.47 Å². The molecule has 7 nitrogen and oxygen atoms in total. The highest BCUT2D eigenvalue weighted by atomic mass is 19.4. The molecule has 192 valence electrons. The molecule has 1 atom stereocenters. The lowest BCUT2D eigenvalue weighted by molar-refractivity contribution is -0.274. The van der Waals surface area contributed by atoms with Gasteiger partial charge in [0.1, 0.15) is 11.5 Å². The minimum atomic E-state index is -4.70. The summed E-state index contributed by atoms with van der Waals surface area (Å²) in [5, 5.41) is 8.40. The van der Waals surface area contributed by atoms with Crippen molar-refractivity contribution in [1.29, 1.82) is 0 Å². The van der Waals surface area contributed by atoms with E-state index in [9.17, 15) is 22.8 Å². The number of carbonyl (C=O) groups excluding carboxylic acids is 1. The van der Waals surface area contributed by atoms with Crippen LogP contribution in [0.2, 0.25) is 0 Å². The van der Waals surface area contributed by atoms with Gasteiger partial charge >= 0.3 is 12.3 Å². The lowest BCUT2D eigenvalue weighted by Gasteiger charge is -2.38. The Morgan fingerprint density at radius 1 is 1.09 bits per heavy atom. The number of carboxylic acids is 1. The van der Waals surface area contributed by atoms with Gasteiger partial charge in [-0.2, -0.15) is 0 Å². The van der Waals surface area contributed by atoms with E-state index in [0.29, 0.717) is 17.9 Å². The summed E-state index contributed by atoms with van der Waals surface area (Å²) in [6.07, 6.45) is -4.52. The maximum atomic E-state index is 12.3. The molecule has 1 aliphatic heterocycles. The highest BCUT2D eigenvalue weighted by Crippen LogP contribution is 2.23. The molecule has 0 aromatic heterocycles. The van der Waals surface area contributed by atoms with E-state index in [2.05, 4.69) is 9.64 Å². The van der Waals surface area contributed by atoms with Crippen molar-refractivity contribution in [3.05, 3.63) is 59.2 Å². The summed E-state index contributed by atoms with van der Waals surface area (Å²) < 4.78 is 45.1. The van der Waals surface area contributed by atoms with E-state index in [1.54, 1.807) is 6.07 Å². The number of alkyl halides is 3. The quantitative estimate of drug-likeness (QED) is 0.650. The summed E-state index contributed by atoms with van der Waals surface area (Å²) in [4.78, 5) is 26.5. The van der Waals surface area contributed by atoms with Crippen LogP contribution >= 0.6 is 0 Å². The van der Waals surface area contributed by atoms with Crippen molar-refractivity contribution in [2.75, 3.05) is 33.3 Å². The average molecular weight is 497 g/mol. The number of rotatable bonds is 6. The zero-order valence-electron chi connectivity index (χ0n) is 20.3. The highest BCUT2D eigenvalue weighted by molar-refractivity contribution is 5.79. The third-order valence-corrected chi connectivity index (χ3v) is 5.34. The van der Waals surface area contributed by atoms with E-state index in [-0.39, 0.29) is 30.7 Å². The smallest absolute Gasteiger partial charge is 0.482 e. The average Bonchev–Trinajstić information content (AvgIpc) is 2.74. The summed E-state index contributed by atoms with van der Waals surface area (Å²) in [6.45, 7) is 7.90. The molecule has 1 amide bonds. The van der Waals surface area contributed by atoms with Gasteiger partial charge in [0.25, 0.3) is 0 Å². The van der Waals surface area contributed by atoms with E-state index in [4.69, 9.17) is 9.84 Å². The van der Waals surface area contributed by atoms with Crippen LogP contribution in [0.3, 0.4) is 0 Å². The van der Waals surface area contributed by atoms with Gasteiger partial charge in [0.2, 0.25) is 5.91 Å². The summed E-state index contributed by atoms with van der Waals surface area (Å²) in [5.74, 6) is -0.616. The van der Waals surface area contributed by atoms with Gasteiger partial charge < -0.3 is 24.4 Å². The van der Waals surface area contributed by atoms with E-state index >= 15 is 0 Å². The normalized spacial score (nSPS) is 16.2. The molecule has 0 saturated carbocycles. The monoisotopic (exact) mass is 496 g/mol. The van der Waals surface area contributed by atoms with Crippen molar-refractivity contribution in [2.45, 2.75) is 39.6 Å². The first-order chi connectivity index (χ1) is 16.3. The maximum absolute atomic E-state index is 12.3. The number of benzene rings is 2. The number of carboxylic acid groups (broad SMARTS) is 1. The van der Waals surface area contributed by atoms with Crippen LogP contribution in [0, 0.1) is 13.8 Å². The van der Waals surface area contributed by atoms with Crippen molar-refractivity contribution in [1.82, 2.24) is 9.80 Å². The van der Waals surface area contributed by atoms with Crippen LogP contribution in [0.1, 0.15) is 23.6 Å². The highest BCUT2D eigenvalue weighted by Gasteiger charge is 2.31. The summed E-state index contributed by atoms with van der Waals surface area (Å²) >= 11 is 0. The maximum Gasteiger partial charge on any atom is 0.573 e. The Labute approximate surface area is 203 Å². The Morgan fingerprint density at radius 3 is 2.29 bits per heavy atom. The molecule has 1 unspecified atom stereocenters. The Hall–Kier alpha value is -3.27. The van der Waals surface area contributed by atoms with E-state index in [1.165, 1.54) is 24.3 Å². The minimum Gasteiger partial charge on any atom is -0.482 e. The molecular formula is C25H31F3N2O5. The first kappa shape index (κ1) is 28.0. The number of hydrogen-bond donors (Lipinski definition) is 1. The molecule has 10 heteroatoms. The van der Waals surface area contributed by atoms with Crippen LogP contribution in [-0.2, 0) is 16.0 Å². The first-order valence-electron chi connectivity index (χ1n) is 11.1. The van der Waals surface area contributed by atoms with Gasteiger partial charge in [0.15, 0.2) is 6.61 Å². The Kier molecular flexibility index (Phi) is 9.94. The van der Waals surface area contributed by atoms with Crippen molar-refractivity contribution in [2.24, 2.45) is 0 Å². The van der Waals surface area contributed by atoms with Crippen molar-refractivity contribution in [3.63, 3.8) is 0 Å². The first-order valence-corrected chi connectivity index (χ1v) is 11.1. The summed E-state index contributed by atoms with van der Waals surface area (Å²) in [5.41, 5.74) is 2.77. The van der Waals surface area contributed by atoms with Gasteiger partial charge in [-0.1, -0.05) is 29.8 Å². The molecule has 3 rings (SSSR count). The number of ether oxygens (including phenoxy) is 2. The van der Waals surface area contributed by atoms with Crippen LogP contribution in [0.25, 0.3) is 0 Å². The topological polar surface area (TPSA) is 79.3 Å². The third kappa shape index (κ3) is 9.86. The number of nitrogens with zero attached hydrogens (tertiary/aromatic N) is 2. The lowest BCUT2D eigenvalue weighted by Crippen LogP contribution is -2.53. The van der Waals surface area contributed by atoms with Crippen LogP contribution in [0.4, 0.5) is 13.2 Å². The number of hydrogen-bond acceptors (Lipinski definition) is 5. The number of piperazine rings is 1. The molecule has 1 N–H and O–H groups in total. The zero-order valence-corrected chi connectivity index (χ0v) is 20.3. The number of likely N-dealkylation sites (N-methyl/N-ethyl adjacent to an activating group) is 1. The van der Waals surface area contributed by atoms with Crippen LogP contribution in [0.5, 0.6) is 11.5 Å². The lowest BCUT2D eigenvalue weighted by atomic mass is 10.1. The molecule has 2 aromatic rings. The Balaban J connectivity index is 0.000000283. The second-order valence-corrected chi connectivity index (χ2v) is 8.52. The molecule has 2 aromatic carbocycles. The van der Waals surface area contributed by atoms with Gasteiger partial charge in [-0.3, -0.25) is 4.79 Å². The predicted molar refractivity (Wildman–Crippen MR) is 125 cm³/mol. The summed E-state index contributed by atoms with van der Waals surface area (Å²) in [7, 11) is 2.01. The van der Waals surface area contributed by atoms with E-state index in [0.717, 1.165) is 24.2 Å². The summed E-state index contributed by atoms with van der Waals surface area (Å²) in [6, 6.07) is 11.2. The van der Waals surface area contributed by atoms with Crippen molar-refractivity contribution < 1.29 is 37.3 Å². The van der Waals surface area contributed by atoms with Gasteiger partial charge in [-0.05, 0) is 57.1 Å². The molecule has 0 radical (unpaired) electrons. The second kappa shape index (κ2) is 12.4. The standard InChI is InChI=1S/C15H19F3N2O2.C10H12O3/c1-11-10-19(2)7-8-20(11)14(21)9-12-3-5-13(6-4-12)22-15(16,17)18;1-7-3-4-9(8(2)5-7)13-6-10(11)12/h3-6,11H,7-10H2,1-2H3;3-5H,6H2,1-2H3,(H,11,12). The van der Waals surface area contributed by atoms with E-state index < -0.39 is 12.3 Å². The van der Waals surface area contributed by atoms with Crippen LogP contribution in [0.15, 0.2) is 42.5 Å². The predicted octanol–water partition coefficient (Wildman–Crippen LogP) is 4.06. The van der Waals surface area contributed by atoms with Crippen molar-refractivity contribution >= 4 is 11.9 Å². The van der Waals surface area contributed by atoms with Crippen LogP contribution in [-0.4, -0.2) is 72.5 Å². The molecule has 0 spiro atoms. The molecular weight excluding hydrogens is 465 g/mol. The van der Waals surface area contributed by atoms with Crippen molar-refractivity contribution in [3.8, 4) is 11.5 Å². The third-order valence-electron chi connectivity index (χ3n) is 5.34. The number of halogens is 3. The number of amides is 1. The van der Waals surface area contributed by atoms with Gasteiger partial charge in [-0.25, -0.2) is 4.79 Å². The van der Waals surface area contributed by atoms with Gasteiger partial charge in [0, 0.05) is 25.7 Å². The molecule has 1 fully saturated rings. The van der Waals surface area contributed by atoms with Gasteiger partial charge in [-0.15, -0.1) is 13.2 Å². The second-order valence-electron chi connectivity index (χ2n) is 8.52. The largest absolute Gasteiger partial charge is 0.573 e. The number of carbonyl (C=O) groups is 2.